The molecule has 0 aliphatic heterocycles. The summed E-state index contributed by atoms with van der Waals surface area (Å²) in [5.74, 6) is 0.712. The van der Waals surface area contributed by atoms with Crippen molar-refractivity contribution in [2.24, 2.45) is 5.92 Å². The summed E-state index contributed by atoms with van der Waals surface area (Å²) in [4.78, 5) is 0.0733. The predicted octanol–water partition coefficient (Wildman–Crippen LogP) is 5.00. The molecule has 0 bridgehead atoms. The Morgan fingerprint density at radius 3 is 1.92 bits per heavy atom. The van der Waals surface area contributed by atoms with Gasteiger partial charge in [0.15, 0.2) is 0 Å². The van der Waals surface area contributed by atoms with Gasteiger partial charge in [-0.05, 0) is 25.2 Å². The van der Waals surface area contributed by atoms with E-state index in [0.717, 1.165) is 12.8 Å². The summed E-state index contributed by atoms with van der Waals surface area (Å²) >= 11 is 6.61. The lowest BCUT2D eigenvalue weighted by molar-refractivity contribution is 0.310. The third-order valence-corrected chi connectivity index (χ3v) is 4.15. The van der Waals surface area contributed by atoms with Crippen molar-refractivity contribution >= 4 is 11.6 Å². The lowest BCUT2D eigenvalue weighted by Gasteiger charge is -2.33. The van der Waals surface area contributed by atoms with E-state index in [1.165, 1.54) is 25.7 Å². The van der Waals surface area contributed by atoms with Crippen LogP contribution in [0.25, 0.3) is 0 Å². The fraction of sp³-hybridized carbons (Fsp3) is 1.00. The van der Waals surface area contributed by atoms with Gasteiger partial charge in [0.25, 0.3) is 0 Å². The second-order valence-corrected chi connectivity index (χ2v) is 4.74. The number of unbranched alkanes of at least 4 members (excludes halogenated alkanes) is 1. The molecule has 0 aliphatic rings. The SMILES string of the molecule is CCCCC(CC)C(Cl)(CC)CC. The minimum atomic E-state index is 0.0733. The third-order valence-electron chi connectivity index (χ3n) is 3.31. The first-order valence-corrected chi connectivity index (χ1v) is 6.21. The van der Waals surface area contributed by atoms with E-state index < -0.39 is 0 Å². The van der Waals surface area contributed by atoms with E-state index in [2.05, 4.69) is 27.7 Å². The Bertz CT molecular complexity index is 116. The van der Waals surface area contributed by atoms with Crippen molar-refractivity contribution in [1.82, 2.24) is 0 Å². The van der Waals surface area contributed by atoms with Crippen molar-refractivity contribution < 1.29 is 0 Å². The molecule has 0 spiro atoms. The highest BCUT2D eigenvalue weighted by atomic mass is 35.5. The first-order chi connectivity index (χ1) is 6.14. The molecule has 0 amide bonds. The highest BCUT2D eigenvalue weighted by Crippen LogP contribution is 2.37. The van der Waals surface area contributed by atoms with Crippen LogP contribution >= 0.6 is 11.6 Å². The van der Waals surface area contributed by atoms with Gasteiger partial charge in [-0.3, -0.25) is 0 Å². The van der Waals surface area contributed by atoms with E-state index in [1.54, 1.807) is 0 Å². The molecular formula is C12H25Cl. The standard InChI is InChI=1S/C12H25Cl/c1-5-9-10-11(6-2)12(13,7-3)8-4/h11H,5-10H2,1-4H3. The molecule has 0 saturated carbocycles. The first-order valence-electron chi connectivity index (χ1n) is 5.83. The van der Waals surface area contributed by atoms with Crippen LogP contribution in [0.3, 0.4) is 0 Å². The fourth-order valence-corrected chi connectivity index (χ4v) is 2.37. The zero-order valence-electron chi connectivity index (χ0n) is 9.70. The predicted molar refractivity (Wildman–Crippen MR) is 62.5 cm³/mol. The molecule has 0 nitrogen and oxygen atoms in total. The molecule has 0 aromatic rings. The van der Waals surface area contributed by atoms with Gasteiger partial charge < -0.3 is 0 Å². The van der Waals surface area contributed by atoms with E-state index in [1.807, 2.05) is 0 Å². The van der Waals surface area contributed by atoms with E-state index in [4.69, 9.17) is 11.6 Å². The number of hydrogen-bond donors (Lipinski definition) is 0. The zero-order valence-corrected chi connectivity index (χ0v) is 10.5. The van der Waals surface area contributed by atoms with Crippen LogP contribution in [-0.4, -0.2) is 4.87 Å². The van der Waals surface area contributed by atoms with Crippen molar-refractivity contribution in [1.29, 1.82) is 0 Å². The monoisotopic (exact) mass is 204 g/mol. The van der Waals surface area contributed by atoms with E-state index >= 15 is 0 Å². The van der Waals surface area contributed by atoms with Crippen molar-refractivity contribution in [2.45, 2.75) is 71.1 Å². The molecule has 0 saturated heterocycles. The third kappa shape index (κ3) is 3.89. The normalized spacial score (nSPS) is 14.5. The van der Waals surface area contributed by atoms with Crippen molar-refractivity contribution in [3.05, 3.63) is 0 Å². The van der Waals surface area contributed by atoms with Crippen LogP contribution in [-0.2, 0) is 0 Å². The molecule has 0 aromatic heterocycles. The van der Waals surface area contributed by atoms with Gasteiger partial charge >= 0.3 is 0 Å². The molecule has 0 aliphatic carbocycles. The van der Waals surface area contributed by atoms with Crippen LogP contribution in [0, 0.1) is 5.92 Å². The summed E-state index contributed by atoms with van der Waals surface area (Å²) in [5, 5.41) is 0. The molecule has 0 radical (unpaired) electrons. The van der Waals surface area contributed by atoms with Crippen molar-refractivity contribution in [3.8, 4) is 0 Å². The molecule has 1 heteroatoms. The van der Waals surface area contributed by atoms with Crippen LogP contribution in [0.1, 0.15) is 66.2 Å². The molecule has 1 atom stereocenters. The molecule has 0 fully saturated rings. The van der Waals surface area contributed by atoms with E-state index in [9.17, 15) is 0 Å². The second kappa shape index (κ2) is 6.70. The van der Waals surface area contributed by atoms with Crippen LogP contribution in [0.4, 0.5) is 0 Å². The Labute approximate surface area is 89.1 Å². The summed E-state index contributed by atoms with van der Waals surface area (Å²) < 4.78 is 0. The highest BCUT2D eigenvalue weighted by Gasteiger charge is 2.31. The van der Waals surface area contributed by atoms with E-state index in [-0.39, 0.29) is 4.87 Å². The molecule has 13 heavy (non-hydrogen) atoms. The number of hydrogen-bond acceptors (Lipinski definition) is 0. The van der Waals surface area contributed by atoms with Gasteiger partial charge in [-0.1, -0.05) is 47.0 Å². The maximum absolute atomic E-state index is 6.61. The molecule has 80 valence electrons. The van der Waals surface area contributed by atoms with Crippen LogP contribution in [0.5, 0.6) is 0 Å². The zero-order chi connectivity index (χ0) is 10.3. The fourth-order valence-electron chi connectivity index (χ4n) is 2.11. The molecule has 0 aromatic carbocycles. The second-order valence-electron chi connectivity index (χ2n) is 3.99. The average molecular weight is 205 g/mol. The minimum absolute atomic E-state index is 0.0733. The summed E-state index contributed by atoms with van der Waals surface area (Å²) in [7, 11) is 0. The lowest BCUT2D eigenvalue weighted by atomic mass is 9.82. The van der Waals surface area contributed by atoms with Gasteiger partial charge in [-0.2, -0.15) is 0 Å². The Balaban J connectivity index is 4.16. The summed E-state index contributed by atoms with van der Waals surface area (Å²) in [6.07, 6.45) is 7.35. The maximum atomic E-state index is 6.61. The molecule has 0 heterocycles. The Hall–Kier alpha value is 0.290. The smallest absolute Gasteiger partial charge is 0.0469 e. The summed E-state index contributed by atoms with van der Waals surface area (Å²) in [5.41, 5.74) is 0. The molecule has 1 unspecified atom stereocenters. The molecule has 0 N–H and O–H groups in total. The Morgan fingerprint density at radius 2 is 1.62 bits per heavy atom. The first kappa shape index (κ1) is 13.3. The van der Waals surface area contributed by atoms with Crippen molar-refractivity contribution in [2.75, 3.05) is 0 Å². The Morgan fingerprint density at radius 1 is 1.08 bits per heavy atom. The van der Waals surface area contributed by atoms with Gasteiger partial charge in [0, 0.05) is 4.87 Å². The number of halogens is 1. The van der Waals surface area contributed by atoms with Gasteiger partial charge in [0.1, 0.15) is 0 Å². The van der Waals surface area contributed by atoms with Gasteiger partial charge in [-0.15, -0.1) is 11.6 Å². The van der Waals surface area contributed by atoms with Crippen LogP contribution < -0.4 is 0 Å². The lowest BCUT2D eigenvalue weighted by Crippen LogP contribution is -2.30. The minimum Gasteiger partial charge on any atom is -0.119 e. The average Bonchev–Trinajstić information content (AvgIpc) is 2.18. The maximum Gasteiger partial charge on any atom is 0.0469 e. The number of alkyl halides is 1. The quantitative estimate of drug-likeness (QED) is 0.512. The topological polar surface area (TPSA) is 0 Å². The highest BCUT2D eigenvalue weighted by molar-refractivity contribution is 6.24. The van der Waals surface area contributed by atoms with Gasteiger partial charge in [0.2, 0.25) is 0 Å². The molecular weight excluding hydrogens is 180 g/mol. The van der Waals surface area contributed by atoms with Gasteiger partial charge in [-0.25, -0.2) is 0 Å². The van der Waals surface area contributed by atoms with Crippen LogP contribution in [0.2, 0.25) is 0 Å². The Kier molecular flexibility index (Phi) is 6.85. The largest absolute Gasteiger partial charge is 0.119 e. The van der Waals surface area contributed by atoms with Crippen LogP contribution in [0.15, 0.2) is 0 Å². The van der Waals surface area contributed by atoms with Gasteiger partial charge in [0.05, 0.1) is 0 Å². The van der Waals surface area contributed by atoms with Crippen molar-refractivity contribution in [3.63, 3.8) is 0 Å². The molecule has 0 rings (SSSR count). The number of rotatable bonds is 7. The summed E-state index contributed by atoms with van der Waals surface area (Å²) in [6.45, 7) is 8.94. The van der Waals surface area contributed by atoms with E-state index in [0.29, 0.717) is 5.92 Å². The summed E-state index contributed by atoms with van der Waals surface area (Å²) in [6, 6.07) is 0.